The standard InChI is InChI=1S/C15H16N2OS/c1-15(2)9-8-13(18)17(15)14-16-12(10-19-14)11-6-4-3-5-7-11/h3-7,10H,8-9H2,1-2H3. The van der Waals surface area contributed by atoms with Crippen molar-refractivity contribution in [3.8, 4) is 11.3 Å². The molecule has 2 aromatic rings. The number of aromatic nitrogens is 1. The summed E-state index contributed by atoms with van der Waals surface area (Å²) >= 11 is 1.54. The number of thiazole rings is 1. The first-order valence-electron chi connectivity index (χ1n) is 6.42. The van der Waals surface area contributed by atoms with Crippen LogP contribution >= 0.6 is 11.3 Å². The van der Waals surface area contributed by atoms with E-state index in [1.54, 1.807) is 11.3 Å². The number of nitrogens with zero attached hydrogens (tertiary/aromatic N) is 2. The molecule has 0 aliphatic carbocycles. The van der Waals surface area contributed by atoms with Gasteiger partial charge in [-0.3, -0.25) is 9.69 Å². The van der Waals surface area contributed by atoms with E-state index in [0.29, 0.717) is 6.42 Å². The average molecular weight is 272 g/mol. The van der Waals surface area contributed by atoms with Gasteiger partial charge < -0.3 is 0 Å². The molecule has 3 rings (SSSR count). The minimum absolute atomic E-state index is 0.122. The maximum Gasteiger partial charge on any atom is 0.229 e. The summed E-state index contributed by atoms with van der Waals surface area (Å²) in [5.41, 5.74) is 1.91. The van der Waals surface area contributed by atoms with Crippen molar-refractivity contribution in [2.75, 3.05) is 4.90 Å². The van der Waals surface area contributed by atoms with E-state index in [9.17, 15) is 4.79 Å². The number of amides is 1. The van der Waals surface area contributed by atoms with Crippen molar-refractivity contribution in [1.29, 1.82) is 0 Å². The maximum atomic E-state index is 12.0. The van der Waals surface area contributed by atoms with E-state index in [1.807, 2.05) is 40.6 Å². The summed E-state index contributed by atoms with van der Waals surface area (Å²) < 4.78 is 0. The second-order valence-corrected chi connectivity index (χ2v) is 6.26. The predicted molar refractivity (Wildman–Crippen MR) is 78.3 cm³/mol. The lowest BCUT2D eigenvalue weighted by atomic mass is 10.0. The summed E-state index contributed by atoms with van der Waals surface area (Å²) in [4.78, 5) is 18.5. The number of rotatable bonds is 2. The predicted octanol–water partition coefficient (Wildman–Crippen LogP) is 3.72. The van der Waals surface area contributed by atoms with Crippen LogP contribution in [-0.4, -0.2) is 16.4 Å². The molecule has 1 aliphatic heterocycles. The zero-order valence-corrected chi connectivity index (χ0v) is 11.9. The molecule has 1 aliphatic rings. The molecular weight excluding hydrogens is 256 g/mol. The number of hydrogen-bond donors (Lipinski definition) is 0. The Bertz CT molecular complexity index is 604. The molecule has 0 unspecified atom stereocenters. The molecule has 1 fully saturated rings. The van der Waals surface area contributed by atoms with Crippen LogP contribution in [0.1, 0.15) is 26.7 Å². The normalized spacial score (nSPS) is 18.0. The first-order valence-corrected chi connectivity index (χ1v) is 7.30. The van der Waals surface area contributed by atoms with Gasteiger partial charge in [-0.05, 0) is 20.3 Å². The summed E-state index contributed by atoms with van der Waals surface area (Å²) in [6.45, 7) is 4.20. The molecular formula is C15H16N2OS. The Labute approximate surface area is 116 Å². The molecule has 0 spiro atoms. The fourth-order valence-corrected chi connectivity index (χ4v) is 3.46. The largest absolute Gasteiger partial charge is 0.282 e. The molecule has 0 bridgehead atoms. The van der Waals surface area contributed by atoms with Gasteiger partial charge in [0.05, 0.1) is 5.69 Å². The lowest BCUT2D eigenvalue weighted by Gasteiger charge is -2.29. The highest BCUT2D eigenvalue weighted by atomic mass is 32.1. The molecule has 1 saturated heterocycles. The Morgan fingerprint density at radius 1 is 1.26 bits per heavy atom. The number of carbonyl (C=O) groups excluding carboxylic acids is 1. The molecule has 0 radical (unpaired) electrons. The number of anilines is 1. The van der Waals surface area contributed by atoms with Crippen LogP contribution in [0.4, 0.5) is 5.13 Å². The Morgan fingerprint density at radius 2 is 2.00 bits per heavy atom. The SMILES string of the molecule is CC1(C)CCC(=O)N1c1nc(-c2ccccc2)cs1. The first-order chi connectivity index (χ1) is 9.08. The number of benzene rings is 1. The highest BCUT2D eigenvalue weighted by Crippen LogP contribution is 2.37. The third kappa shape index (κ3) is 2.16. The van der Waals surface area contributed by atoms with Crippen molar-refractivity contribution in [2.45, 2.75) is 32.2 Å². The van der Waals surface area contributed by atoms with Crippen LogP contribution in [0.5, 0.6) is 0 Å². The maximum absolute atomic E-state index is 12.0. The molecule has 19 heavy (non-hydrogen) atoms. The Morgan fingerprint density at radius 3 is 2.63 bits per heavy atom. The van der Waals surface area contributed by atoms with Gasteiger partial charge in [0.25, 0.3) is 0 Å². The molecule has 0 atom stereocenters. The van der Waals surface area contributed by atoms with E-state index >= 15 is 0 Å². The van der Waals surface area contributed by atoms with Gasteiger partial charge in [-0.15, -0.1) is 11.3 Å². The van der Waals surface area contributed by atoms with E-state index in [4.69, 9.17) is 0 Å². The zero-order valence-electron chi connectivity index (χ0n) is 11.1. The monoisotopic (exact) mass is 272 g/mol. The van der Waals surface area contributed by atoms with Crippen molar-refractivity contribution in [3.05, 3.63) is 35.7 Å². The van der Waals surface area contributed by atoms with Gasteiger partial charge in [-0.25, -0.2) is 4.98 Å². The van der Waals surface area contributed by atoms with Crippen molar-refractivity contribution in [2.24, 2.45) is 0 Å². The highest BCUT2D eigenvalue weighted by Gasteiger charge is 2.40. The number of hydrogen-bond acceptors (Lipinski definition) is 3. The van der Waals surface area contributed by atoms with Crippen molar-refractivity contribution >= 4 is 22.4 Å². The second kappa shape index (κ2) is 4.46. The van der Waals surface area contributed by atoms with Gasteiger partial charge in [-0.2, -0.15) is 0 Å². The topological polar surface area (TPSA) is 33.2 Å². The third-order valence-corrected chi connectivity index (χ3v) is 4.38. The van der Waals surface area contributed by atoms with Crippen molar-refractivity contribution in [3.63, 3.8) is 0 Å². The molecule has 1 aromatic carbocycles. The van der Waals surface area contributed by atoms with Crippen LogP contribution in [0.2, 0.25) is 0 Å². The Kier molecular flexibility index (Phi) is 2.90. The first kappa shape index (κ1) is 12.4. The zero-order chi connectivity index (χ0) is 13.5. The molecule has 2 heterocycles. The minimum atomic E-state index is -0.122. The molecule has 98 valence electrons. The number of carbonyl (C=O) groups is 1. The third-order valence-electron chi connectivity index (χ3n) is 3.56. The van der Waals surface area contributed by atoms with Gasteiger partial charge in [0.15, 0.2) is 5.13 Å². The van der Waals surface area contributed by atoms with E-state index < -0.39 is 0 Å². The molecule has 4 heteroatoms. The quantitative estimate of drug-likeness (QED) is 0.835. The summed E-state index contributed by atoms with van der Waals surface area (Å²) in [7, 11) is 0. The van der Waals surface area contributed by atoms with Crippen molar-refractivity contribution in [1.82, 2.24) is 4.98 Å². The summed E-state index contributed by atoms with van der Waals surface area (Å²) in [6, 6.07) is 10.1. The smallest absolute Gasteiger partial charge is 0.229 e. The van der Waals surface area contributed by atoms with E-state index in [1.165, 1.54) is 0 Å². The van der Waals surface area contributed by atoms with E-state index in [0.717, 1.165) is 22.8 Å². The molecule has 3 nitrogen and oxygen atoms in total. The molecule has 0 N–H and O–H groups in total. The van der Waals surface area contributed by atoms with E-state index in [2.05, 4.69) is 18.8 Å². The van der Waals surface area contributed by atoms with Crippen molar-refractivity contribution < 1.29 is 4.79 Å². The van der Waals surface area contributed by atoms with Crippen LogP contribution in [0.25, 0.3) is 11.3 Å². The van der Waals surface area contributed by atoms with Gasteiger partial charge in [0, 0.05) is 22.9 Å². The van der Waals surface area contributed by atoms with E-state index in [-0.39, 0.29) is 11.4 Å². The Hall–Kier alpha value is -1.68. The lowest BCUT2D eigenvalue weighted by Crippen LogP contribution is -2.40. The van der Waals surface area contributed by atoms with Crippen LogP contribution in [0.3, 0.4) is 0 Å². The highest BCUT2D eigenvalue weighted by molar-refractivity contribution is 7.14. The van der Waals surface area contributed by atoms with Crippen LogP contribution in [0, 0.1) is 0 Å². The van der Waals surface area contributed by atoms with Gasteiger partial charge in [0.2, 0.25) is 5.91 Å². The van der Waals surface area contributed by atoms with Gasteiger partial charge in [0.1, 0.15) is 0 Å². The van der Waals surface area contributed by atoms with Crippen LogP contribution in [-0.2, 0) is 4.79 Å². The summed E-state index contributed by atoms with van der Waals surface area (Å²) in [5, 5.41) is 2.83. The molecule has 1 amide bonds. The second-order valence-electron chi connectivity index (χ2n) is 5.42. The Balaban J connectivity index is 1.96. The molecule has 0 saturated carbocycles. The van der Waals surface area contributed by atoms with Crippen LogP contribution < -0.4 is 4.90 Å². The summed E-state index contributed by atoms with van der Waals surface area (Å²) in [5.74, 6) is 0.180. The van der Waals surface area contributed by atoms with Gasteiger partial charge >= 0.3 is 0 Å². The average Bonchev–Trinajstić information content (AvgIpc) is 2.96. The van der Waals surface area contributed by atoms with Gasteiger partial charge in [-0.1, -0.05) is 30.3 Å². The fraction of sp³-hybridized carbons (Fsp3) is 0.333. The molecule has 1 aromatic heterocycles. The lowest BCUT2D eigenvalue weighted by molar-refractivity contribution is -0.117. The summed E-state index contributed by atoms with van der Waals surface area (Å²) in [6.07, 6.45) is 1.51. The minimum Gasteiger partial charge on any atom is -0.282 e. The fourth-order valence-electron chi connectivity index (χ4n) is 2.45. The van der Waals surface area contributed by atoms with Crippen LogP contribution in [0.15, 0.2) is 35.7 Å².